The summed E-state index contributed by atoms with van der Waals surface area (Å²) in [6.07, 6.45) is 0.266. The lowest BCUT2D eigenvalue weighted by molar-refractivity contribution is -0.124. The van der Waals surface area contributed by atoms with Gasteiger partial charge in [-0.25, -0.2) is 5.48 Å². The second-order valence-electron chi connectivity index (χ2n) is 2.89. The van der Waals surface area contributed by atoms with E-state index in [4.69, 9.17) is 4.84 Å². The number of hydrogen-bond acceptors (Lipinski definition) is 2. The van der Waals surface area contributed by atoms with Crippen molar-refractivity contribution in [3.63, 3.8) is 0 Å². The molecule has 1 unspecified atom stereocenters. The van der Waals surface area contributed by atoms with E-state index in [1.54, 1.807) is 0 Å². The molecule has 1 fully saturated rings. The van der Waals surface area contributed by atoms with E-state index in [9.17, 15) is 4.79 Å². The highest BCUT2D eigenvalue weighted by Gasteiger charge is 2.24. The third-order valence-electron chi connectivity index (χ3n) is 1.93. The lowest BCUT2D eigenvalue weighted by Gasteiger charge is -2.06. The second-order valence-corrected chi connectivity index (χ2v) is 3.80. The summed E-state index contributed by atoms with van der Waals surface area (Å²) in [5.74, 6) is -0.0621. The largest absolute Gasteiger partial charge is 0.273 e. The highest BCUT2D eigenvalue weighted by Crippen LogP contribution is 2.25. The topological polar surface area (TPSA) is 38.3 Å². The highest BCUT2D eigenvalue weighted by atomic mass is 79.9. The number of rotatable bonds is 1. The molecular formula is C9H8BrNO2. The van der Waals surface area contributed by atoms with Gasteiger partial charge in [0.25, 0.3) is 0 Å². The molecule has 1 heterocycles. The van der Waals surface area contributed by atoms with E-state index < -0.39 is 0 Å². The van der Waals surface area contributed by atoms with Crippen LogP contribution in [0, 0.1) is 0 Å². The summed E-state index contributed by atoms with van der Waals surface area (Å²) in [6, 6.07) is 7.74. The van der Waals surface area contributed by atoms with Crippen LogP contribution in [0.2, 0.25) is 0 Å². The Balaban J connectivity index is 2.17. The third kappa shape index (κ3) is 1.89. The molecule has 1 atom stereocenters. The maximum absolute atomic E-state index is 10.8. The minimum atomic E-state index is -0.138. The number of halogens is 1. The zero-order chi connectivity index (χ0) is 9.26. The molecule has 0 bridgehead atoms. The first-order valence-corrected chi connectivity index (χ1v) is 4.75. The molecule has 0 saturated carbocycles. The number of carbonyl (C=O) groups is 1. The van der Waals surface area contributed by atoms with Crippen LogP contribution in [0.15, 0.2) is 28.7 Å². The van der Waals surface area contributed by atoms with Crippen LogP contribution in [0.25, 0.3) is 0 Å². The van der Waals surface area contributed by atoms with Crippen molar-refractivity contribution in [1.82, 2.24) is 5.48 Å². The van der Waals surface area contributed by atoms with E-state index in [2.05, 4.69) is 21.4 Å². The Morgan fingerprint density at radius 2 is 2.08 bits per heavy atom. The Bertz CT molecular complexity index is 323. The molecule has 0 aliphatic carbocycles. The number of amides is 1. The van der Waals surface area contributed by atoms with Gasteiger partial charge in [-0.1, -0.05) is 28.1 Å². The van der Waals surface area contributed by atoms with Crippen molar-refractivity contribution in [2.45, 2.75) is 12.5 Å². The van der Waals surface area contributed by atoms with Gasteiger partial charge in [-0.3, -0.25) is 9.63 Å². The van der Waals surface area contributed by atoms with Crippen molar-refractivity contribution >= 4 is 21.8 Å². The van der Waals surface area contributed by atoms with Gasteiger partial charge in [-0.15, -0.1) is 0 Å². The van der Waals surface area contributed by atoms with Gasteiger partial charge in [0, 0.05) is 4.47 Å². The maximum Gasteiger partial charge on any atom is 0.246 e. The van der Waals surface area contributed by atoms with Crippen LogP contribution in [0.5, 0.6) is 0 Å². The number of benzene rings is 1. The fraction of sp³-hybridized carbons (Fsp3) is 0.222. The first-order chi connectivity index (χ1) is 6.25. The summed E-state index contributed by atoms with van der Waals surface area (Å²) in [4.78, 5) is 15.9. The molecule has 0 spiro atoms. The maximum atomic E-state index is 10.8. The monoisotopic (exact) mass is 241 g/mol. The standard InChI is InChI=1S/C9H8BrNO2/c10-7-3-1-6(2-4-7)8-5-9(12)11-13-8/h1-4,8H,5H2,(H,11,12). The molecule has 0 aromatic heterocycles. The molecule has 68 valence electrons. The average molecular weight is 242 g/mol. The summed E-state index contributed by atoms with van der Waals surface area (Å²) >= 11 is 3.34. The van der Waals surface area contributed by atoms with Gasteiger partial charge >= 0.3 is 0 Å². The molecular weight excluding hydrogens is 234 g/mol. The minimum absolute atomic E-state index is 0.0621. The van der Waals surface area contributed by atoms with Crippen molar-refractivity contribution < 1.29 is 9.63 Å². The van der Waals surface area contributed by atoms with E-state index in [1.165, 1.54) is 0 Å². The van der Waals surface area contributed by atoms with Gasteiger partial charge in [0.15, 0.2) is 0 Å². The normalized spacial score (nSPS) is 21.6. The molecule has 1 aliphatic rings. The van der Waals surface area contributed by atoms with Gasteiger partial charge < -0.3 is 0 Å². The van der Waals surface area contributed by atoms with Crippen molar-refractivity contribution in [1.29, 1.82) is 0 Å². The van der Waals surface area contributed by atoms with E-state index >= 15 is 0 Å². The summed E-state index contributed by atoms with van der Waals surface area (Å²) in [5.41, 5.74) is 3.35. The SMILES string of the molecule is O=C1CC(c2ccc(Br)cc2)ON1. The molecule has 1 aliphatic heterocycles. The van der Waals surface area contributed by atoms with Gasteiger partial charge in [0.05, 0.1) is 6.42 Å². The third-order valence-corrected chi connectivity index (χ3v) is 2.46. The Hall–Kier alpha value is -0.870. The van der Waals surface area contributed by atoms with Gasteiger partial charge in [-0.2, -0.15) is 0 Å². The predicted molar refractivity (Wildman–Crippen MR) is 50.7 cm³/mol. The summed E-state index contributed by atoms with van der Waals surface area (Å²) in [7, 11) is 0. The Labute approximate surface area is 84.2 Å². The molecule has 1 N–H and O–H groups in total. The van der Waals surface area contributed by atoms with Crippen LogP contribution in [-0.4, -0.2) is 5.91 Å². The molecule has 1 aromatic carbocycles. The fourth-order valence-corrected chi connectivity index (χ4v) is 1.52. The van der Waals surface area contributed by atoms with Crippen molar-refractivity contribution in [3.8, 4) is 0 Å². The van der Waals surface area contributed by atoms with Gasteiger partial charge in [-0.05, 0) is 17.7 Å². The van der Waals surface area contributed by atoms with Crippen LogP contribution in [0.4, 0.5) is 0 Å². The quantitative estimate of drug-likeness (QED) is 0.817. The zero-order valence-corrected chi connectivity index (χ0v) is 8.37. The molecule has 0 radical (unpaired) electrons. The van der Waals surface area contributed by atoms with E-state index in [-0.39, 0.29) is 12.0 Å². The average Bonchev–Trinajstić information content (AvgIpc) is 2.53. The van der Waals surface area contributed by atoms with Crippen LogP contribution >= 0.6 is 15.9 Å². The molecule has 1 saturated heterocycles. The summed E-state index contributed by atoms with van der Waals surface area (Å²) in [6.45, 7) is 0. The van der Waals surface area contributed by atoms with Crippen LogP contribution in [0.3, 0.4) is 0 Å². The molecule has 1 aromatic rings. The van der Waals surface area contributed by atoms with Crippen molar-refractivity contribution in [2.75, 3.05) is 0 Å². The van der Waals surface area contributed by atoms with Crippen molar-refractivity contribution in [2.24, 2.45) is 0 Å². The van der Waals surface area contributed by atoms with Gasteiger partial charge in [0.2, 0.25) is 5.91 Å². The van der Waals surface area contributed by atoms with Crippen LogP contribution in [-0.2, 0) is 9.63 Å². The lowest BCUT2D eigenvalue weighted by Crippen LogP contribution is -2.11. The zero-order valence-electron chi connectivity index (χ0n) is 6.79. The molecule has 4 heteroatoms. The van der Waals surface area contributed by atoms with Crippen molar-refractivity contribution in [3.05, 3.63) is 34.3 Å². The number of carbonyl (C=O) groups excluding carboxylic acids is 1. The summed E-state index contributed by atoms with van der Waals surface area (Å²) < 4.78 is 1.02. The highest BCUT2D eigenvalue weighted by molar-refractivity contribution is 9.10. The Morgan fingerprint density at radius 1 is 1.38 bits per heavy atom. The summed E-state index contributed by atoms with van der Waals surface area (Å²) in [5, 5.41) is 0. The predicted octanol–water partition coefficient (Wildman–Crippen LogP) is 1.94. The molecule has 3 nitrogen and oxygen atoms in total. The first-order valence-electron chi connectivity index (χ1n) is 3.95. The van der Waals surface area contributed by atoms with E-state index in [0.29, 0.717) is 6.42 Å². The minimum Gasteiger partial charge on any atom is -0.273 e. The first kappa shape index (κ1) is 8.72. The Kier molecular flexibility index (Phi) is 2.33. The second kappa shape index (κ2) is 3.47. The fourth-order valence-electron chi connectivity index (χ4n) is 1.25. The number of hydroxylamine groups is 1. The van der Waals surface area contributed by atoms with Gasteiger partial charge in [0.1, 0.15) is 6.10 Å². The van der Waals surface area contributed by atoms with E-state index in [0.717, 1.165) is 10.0 Å². The number of hydrogen-bond donors (Lipinski definition) is 1. The molecule has 2 rings (SSSR count). The molecule has 1 amide bonds. The molecule has 13 heavy (non-hydrogen) atoms. The van der Waals surface area contributed by atoms with Crippen LogP contribution in [0.1, 0.15) is 18.1 Å². The van der Waals surface area contributed by atoms with E-state index in [1.807, 2.05) is 24.3 Å². The lowest BCUT2D eigenvalue weighted by atomic mass is 10.1. The smallest absolute Gasteiger partial charge is 0.246 e. The van der Waals surface area contributed by atoms with Crippen LogP contribution < -0.4 is 5.48 Å². The number of nitrogens with one attached hydrogen (secondary N) is 1. The Morgan fingerprint density at radius 3 is 2.62 bits per heavy atom.